The summed E-state index contributed by atoms with van der Waals surface area (Å²) in [5, 5.41) is 0.741. The maximum Gasteiger partial charge on any atom is 0.108 e. The first-order valence-corrected chi connectivity index (χ1v) is 8.67. The SMILES string of the molecule is Clc1ccc2nc(CCN3CCN(c4ccncc4)CC3)[nH]c2c1. The number of aromatic amines is 1. The van der Waals surface area contributed by atoms with Gasteiger partial charge >= 0.3 is 0 Å². The van der Waals surface area contributed by atoms with Crippen LogP contribution in [0.15, 0.2) is 42.7 Å². The molecule has 3 heterocycles. The fourth-order valence-corrected chi connectivity index (χ4v) is 3.37. The zero-order valence-electron chi connectivity index (χ0n) is 13.5. The van der Waals surface area contributed by atoms with Crippen LogP contribution in [0, 0.1) is 0 Å². The number of nitrogens with zero attached hydrogens (tertiary/aromatic N) is 4. The Labute approximate surface area is 146 Å². The minimum atomic E-state index is 0.741. The molecule has 1 N–H and O–H groups in total. The highest BCUT2D eigenvalue weighted by atomic mass is 35.5. The van der Waals surface area contributed by atoms with E-state index in [0.717, 1.165) is 61.0 Å². The van der Waals surface area contributed by atoms with Gasteiger partial charge in [-0.3, -0.25) is 9.88 Å². The lowest BCUT2D eigenvalue weighted by Gasteiger charge is -2.35. The van der Waals surface area contributed by atoms with E-state index in [1.54, 1.807) is 0 Å². The number of hydrogen-bond donors (Lipinski definition) is 1. The predicted octanol–water partition coefficient (Wildman–Crippen LogP) is 2.98. The molecule has 1 aromatic carbocycles. The fraction of sp³-hybridized carbons (Fsp3) is 0.333. The molecule has 0 unspecified atom stereocenters. The van der Waals surface area contributed by atoms with E-state index in [9.17, 15) is 0 Å². The topological polar surface area (TPSA) is 48.1 Å². The summed E-state index contributed by atoms with van der Waals surface area (Å²) < 4.78 is 0. The first-order chi connectivity index (χ1) is 11.8. The number of benzene rings is 1. The molecule has 0 radical (unpaired) electrons. The maximum atomic E-state index is 6.03. The molecule has 0 atom stereocenters. The molecule has 0 aliphatic carbocycles. The number of halogens is 1. The minimum absolute atomic E-state index is 0.741. The van der Waals surface area contributed by atoms with Crippen LogP contribution in [0.25, 0.3) is 11.0 Å². The van der Waals surface area contributed by atoms with Crippen molar-refractivity contribution in [1.82, 2.24) is 19.9 Å². The van der Waals surface area contributed by atoms with E-state index in [0.29, 0.717) is 0 Å². The van der Waals surface area contributed by atoms with Crippen LogP contribution in [0.4, 0.5) is 5.69 Å². The van der Waals surface area contributed by atoms with E-state index in [1.807, 2.05) is 30.6 Å². The van der Waals surface area contributed by atoms with E-state index in [1.165, 1.54) is 5.69 Å². The van der Waals surface area contributed by atoms with E-state index in [-0.39, 0.29) is 0 Å². The summed E-state index contributed by atoms with van der Waals surface area (Å²) in [6.45, 7) is 5.29. The van der Waals surface area contributed by atoms with Gasteiger partial charge in [-0.05, 0) is 30.3 Å². The van der Waals surface area contributed by atoms with Gasteiger partial charge in [0.1, 0.15) is 5.82 Å². The van der Waals surface area contributed by atoms with Crippen LogP contribution < -0.4 is 4.90 Å². The number of nitrogens with one attached hydrogen (secondary N) is 1. The number of hydrogen-bond acceptors (Lipinski definition) is 4. The van der Waals surface area contributed by atoms with Crippen molar-refractivity contribution in [2.45, 2.75) is 6.42 Å². The summed E-state index contributed by atoms with van der Waals surface area (Å²) >= 11 is 6.03. The number of aromatic nitrogens is 3. The Hall–Kier alpha value is -2.11. The Morgan fingerprint density at radius 3 is 2.62 bits per heavy atom. The van der Waals surface area contributed by atoms with Gasteiger partial charge in [0.2, 0.25) is 0 Å². The highest BCUT2D eigenvalue weighted by molar-refractivity contribution is 6.31. The number of H-pyrrole nitrogens is 1. The third-order valence-corrected chi connectivity index (χ3v) is 4.79. The number of anilines is 1. The Kier molecular flexibility index (Phi) is 4.36. The first-order valence-electron chi connectivity index (χ1n) is 8.29. The van der Waals surface area contributed by atoms with Gasteiger partial charge in [-0.2, -0.15) is 0 Å². The minimum Gasteiger partial charge on any atom is -0.369 e. The maximum absolute atomic E-state index is 6.03. The zero-order chi connectivity index (χ0) is 16.4. The lowest BCUT2D eigenvalue weighted by Crippen LogP contribution is -2.47. The third-order valence-electron chi connectivity index (χ3n) is 4.56. The Balaban J connectivity index is 1.32. The Bertz CT molecular complexity index is 809. The van der Waals surface area contributed by atoms with Crippen molar-refractivity contribution in [3.63, 3.8) is 0 Å². The summed E-state index contributed by atoms with van der Waals surface area (Å²) in [6.07, 6.45) is 4.65. The van der Waals surface area contributed by atoms with E-state index >= 15 is 0 Å². The van der Waals surface area contributed by atoms with Crippen LogP contribution >= 0.6 is 11.6 Å². The molecule has 1 fully saturated rings. The second-order valence-corrected chi connectivity index (χ2v) is 6.57. The highest BCUT2D eigenvalue weighted by Gasteiger charge is 2.17. The van der Waals surface area contributed by atoms with E-state index < -0.39 is 0 Å². The van der Waals surface area contributed by atoms with Crippen LogP contribution in [0.5, 0.6) is 0 Å². The Morgan fingerprint density at radius 2 is 1.83 bits per heavy atom. The second kappa shape index (κ2) is 6.79. The number of fused-ring (bicyclic) bond motifs is 1. The molecule has 1 aliphatic heterocycles. The average Bonchev–Trinajstić information content (AvgIpc) is 3.03. The normalized spacial score (nSPS) is 16.0. The second-order valence-electron chi connectivity index (χ2n) is 6.13. The van der Waals surface area contributed by atoms with Crippen LogP contribution in [0.3, 0.4) is 0 Å². The summed E-state index contributed by atoms with van der Waals surface area (Å²) in [5.74, 6) is 1.03. The molecule has 0 saturated carbocycles. The summed E-state index contributed by atoms with van der Waals surface area (Å²) in [7, 11) is 0. The van der Waals surface area contributed by atoms with Gasteiger partial charge in [0, 0.05) is 62.2 Å². The van der Waals surface area contributed by atoms with Crippen molar-refractivity contribution in [3.05, 3.63) is 53.6 Å². The summed E-state index contributed by atoms with van der Waals surface area (Å²) in [6, 6.07) is 9.93. The largest absolute Gasteiger partial charge is 0.369 e. The van der Waals surface area contributed by atoms with Gasteiger partial charge in [-0.1, -0.05) is 11.6 Å². The summed E-state index contributed by atoms with van der Waals surface area (Å²) in [4.78, 5) is 17.0. The van der Waals surface area contributed by atoms with Gasteiger partial charge < -0.3 is 9.88 Å². The van der Waals surface area contributed by atoms with Crippen molar-refractivity contribution >= 4 is 28.3 Å². The molecule has 4 rings (SSSR count). The van der Waals surface area contributed by atoms with Gasteiger partial charge in [0.15, 0.2) is 0 Å². The predicted molar refractivity (Wildman–Crippen MR) is 97.7 cm³/mol. The molecular weight excluding hydrogens is 322 g/mol. The number of rotatable bonds is 4. The lowest BCUT2D eigenvalue weighted by molar-refractivity contribution is 0.259. The molecule has 1 saturated heterocycles. The molecule has 0 bridgehead atoms. The average molecular weight is 342 g/mol. The van der Waals surface area contributed by atoms with Gasteiger partial charge in [0.05, 0.1) is 11.0 Å². The molecule has 24 heavy (non-hydrogen) atoms. The van der Waals surface area contributed by atoms with Crippen molar-refractivity contribution < 1.29 is 0 Å². The van der Waals surface area contributed by atoms with E-state index in [2.05, 4.69) is 36.9 Å². The zero-order valence-corrected chi connectivity index (χ0v) is 14.2. The summed E-state index contributed by atoms with van der Waals surface area (Å²) in [5.41, 5.74) is 3.26. The molecular formula is C18H20ClN5. The number of piperazine rings is 1. The van der Waals surface area contributed by atoms with Gasteiger partial charge in [-0.25, -0.2) is 4.98 Å². The standard InChI is InChI=1S/C18H20ClN5/c19-14-1-2-16-17(13-14)22-18(21-16)5-8-23-9-11-24(12-10-23)15-3-6-20-7-4-15/h1-4,6-7,13H,5,8-12H2,(H,21,22). The molecule has 6 heteroatoms. The van der Waals surface area contributed by atoms with Crippen LogP contribution in [0.1, 0.15) is 5.82 Å². The third kappa shape index (κ3) is 3.37. The molecule has 3 aromatic rings. The molecule has 0 spiro atoms. The van der Waals surface area contributed by atoms with Crippen molar-refractivity contribution in [2.75, 3.05) is 37.6 Å². The smallest absolute Gasteiger partial charge is 0.108 e. The van der Waals surface area contributed by atoms with Crippen LogP contribution in [-0.2, 0) is 6.42 Å². The van der Waals surface area contributed by atoms with Gasteiger partial charge in [0.25, 0.3) is 0 Å². The lowest BCUT2D eigenvalue weighted by atomic mass is 10.2. The van der Waals surface area contributed by atoms with Crippen molar-refractivity contribution in [3.8, 4) is 0 Å². The monoisotopic (exact) mass is 341 g/mol. The van der Waals surface area contributed by atoms with Crippen LogP contribution in [-0.4, -0.2) is 52.6 Å². The number of pyridine rings is 1. The molecule has 0 amide bonds. The van der Waals surface area contributed by atoms with Gasteiger partial charge in [-0.15, -0.1) is 0 Å². The molecule has 124 valence electrons. The van der Waals surface area contributed by atoms with Crippen LogP contribution in [0.2, 0.25) is 5.02 Å². The van der Waals surface area contributed by atoms with Crippen molar-refractivity contribution in [2.24, 2.45) is 0 Å². The fourth-order valence-electron chi connectivity index (χ4n) is 3.20. The molecule has 2 aromatic heterocycles. The highest BCUT2D eigenvalue weighted by Crippen LogP contribution is 2.18. The number of imidazole rings is 1. The first kappa shape index (κ1) is 15.4. The molecule has 1 aliphatic rings. The molecule has 5 nitrogen and oxygen atoms in total. The quantitative estimate of drug-likeness (QED) is 0.792. The van der Waals surface area contributed by atoms with E-state index in [4.69, 9.17) is 11.6 Å². The Morgan fingerprint density at radius 1 is 1.04 bits per heavy atom. The van der Waals surface area contributed by atoms with Crippen molar-refractivity contribution in [1.29, 1.82) is 0 Å².